The summed E-state index contributed by atoms with van der Waals surface area (Å²) in [7, 11) is 0. The Morgan fingerprint density at radius 1 is 1.55 bits per heavy atom. The number of aliphatic hydroxyl groups excluding tert-OH is 1. The van der Waals surface area contributed by atoms with Crippen LogP contribution in [0.4, 0.5) is 0 Å². The fourth-order valence-electron chi connectivity index (χ4n) is 0.929. The predicted octanol–water partition coefficient (Wildman–Crippen LogP) is 2.89. The number of allylic oxidation sites excluding steroid dienone is 2. The van der Waals surface area contributed by atoms with E-state index >= 15 is 0 Å². The van der Waals surface area contributed by atoms with Crippen LogP contribution in [0.25, 0.3) is 0 Å². The Balaban J connectivity index is 3.42. The maximum atomic E-state index is 9.00. The third-order valence-corrected chi connectivity index (χ3v) is 1.74. The van der Waals surface area contributed by atoms with Crippen LogP contribution < -0.4 is 0 Å². The van der Waals surface area contributed by atoms with Crippen LogP contribution in [-0.2, 0) is 0 Å². The first-order chi connectivity index (χ1) is 5.16. The van der Waals surface area contributed by atoms with E-state index in [9.17, 15) is 0 Å². The zero-order valence-corrected chi connectivity index (χ0v) is 7.93. The van der Waals surface area contributed by atoms with Gasteiger partial charge in [0.05, 0.1) is 6.10 Å². The molecule has 0 spiro atoms. The fourth-order valence-corrected chi connectivity index (χ4v) is 0.929. The van der Waals surface area contributed by atoms with Gasteiger partial charge in [-0.1, -0.05) is 25.0 Å². The lowest BCUT2D eigenvalue weighted by molar-refractivity contribution is 0.185. The van der Waals surface area contributed by atoms with Gasteiger partial charge in [0.25, 0.3) is 0 Å². The molecule has 0 bridgehead atoms. The van der Waals surface area contributed by atoms with Crippen LogP contribution >= 0.6 is 0 Å². The molecular weight excluding hydrogens is 136 g/mol. The van der Waals surface area contributed by atoms with Gasteiger partial charge >= 0.3 is 0 Å². The van der Waals surface area contributed by atoms with Gasteiger partial charge in [-0.05, 0) is 33.1 Å². The van der Waals surface area contributed by atoms with Gasteiger partial charge < -0.3 is 5.11 Å². The molecule has 0 heterocycles. The maximum absolute atomic E-state index is 9.00. The van der Waals surface area contributed by atoms with Gasteiger partial charge in [0.2, 0.25) is 0 Å². The summed E-state index contributed by atoms with van der Waals surface area (Å²) in [5.74, 6) is 0. The van der Waals surface area contributed by atoms with Crippen molar-refractivity contribution >= 4 is 0 Å². The third-order valence-electron chi connectivity index (χ3n) is 1.74. The van der Waals surface area contributed by atoms with Crippen molar-refractivity contribution in [3.05, 3.63) is 11.6 Å². The van der Waals surface area contributed by atoms with E-state index in [2.05, 4.69) is 19.9 Å². The van der Waals surface area contributed by atoms with Crippen LogP contribution in [0.3, 0.4) is 0 Å². The minimum absolute atomic E-state index is 0.153. The molecule has 0 saturated heterocycles. The smallest absolute Gasteiger partial charge is 0.0515 e. The molecule has 11 heavy (non-hydrogen) atoms. The van der Waals surface area contributed by atoms with Crippen LogP contribution in [-0.4, -0.2) is 11.2 Å². The normalized spacial score (nSPS) is 15.1. The average Bonchev–Trinajstić information content (AvgIpc) is 1.97. The van der Waals surface area contributed by atoms with Crippen LogP contribution in [0, 0.1) is 0 Å². The Bertz CT molecular complexity index is 114. The Hall–Kier alpha value is -0.300. The number of hydrogen-bond donors (Lipinski definition) is 1. The molecule has 66 valence electrons. The van der Waals surface area contributed by atoms with E-state index in [4.69, 9.17) is 5.11 Å². The zero-order valence-electron chi connectivity index (χ0n) is 7.93. The lowest BCUT2D eigenvalue weighted by atomic mass is 10.1. The molecule has 0 aliphatic heterocycles. The van der Waals surface area contributed by atoms with Crippen molar-refractivity contribution in [2.45, 2.75) is 52.6 Å². The molecule has 0 radical (unpaired) electrons. The van der Waals surface area contributed by atoms with E-state index in [-0.39, 0.29) is 6.10 Å². The van der Waals surface area contributed by atoms with Crippen LogP contribution in [0.1, 0.15) is 46.5 Å². The zero-order chi connectivity index (χ0) is 8.69. The molecule has 0 aliphatic rings. The fraction of sp³-hybridized carbons (Fsp3) is 0.800. The van der Waals surface area contributed by atoms with Gasteiger partial charge in [-0.3, -0.25) is 0 Å². The van der Waals surface area contributed by atoms with Gasteiger partial charge in [-0.25, -0.2) is 0 Å². The van der Waals surface area contributed by atoms with E-state index in [0.29, 0.717) is 0 Å². The van der Waals surface area contributed by atoms with E-state index in [1.807, 2.05) is 6.92 Å². The molecule has 1 heteroatoms. The molecule has 0 aromatic carbocycles. The topological polar surface area (TPSA) is 20.2 Å². The molecule has 0 fully saturated rings. The predicted molar refractivity (Wildman–Crippen MR) is 49.6 cm³/mol. The monoisotopic (exact) mass is 156 g/mol. The second kappa shape index (κ2) is 6.41. The van der Waals surface area contributed by atoms with Gasteiger partial charge in [-0.2, -0.15) is 0 Å². The molecule has 1 N–H and O–H groups in total. The number of rotatable bonds is 5. The summed E-state index contributed by atoms with van der Waals surface area (Å²) in [6, 6.07) is 0. The summed E-state index contributed by atoms with van der Waals surface area (Å²) in [5, 5.41) is 9.00. The number of aliphatic hydroxyl groups is 1. The first kappa shape index (κ1) is 10.7. The summed E-state index contributed by atoms with van der Waals surface area (Å²) in [6.07, 6.45) is 6.43. The van der Waals surface area contributed by atoms with Crippen LogP contribution in [0.2, 0.25) is 0 Å². The third kappa shape index (κ3) is 7.60. The minimum atomic E-state index is -0.153. The Morgan fingerprint density at radius 2 is 2.18 bits per heavy atom. The Morgan fingerprint density at radius 3 is 2.64 bits per heavy atom. The van der Waals surface area contributed by atoms with E-state index in [0.717, 1.165) is 12.8 Å². The van der Waals surface area contributed by atoms with Crippen molar-refractivity contribution in [2.24, 2.45) is 0 Å². The molecule has 0 aromatic heterocycles. The highest BCUT2D eigenvalue weighted by atomic mass is 16.3. The van der Waals surface area contributed by atoms with Crippen molar-refractivity contribution in [2.75, 3.05) is 0 Å². The minimum Gasteiger partial charge on any atom is -0.393 e. The summed E-state index contributed by atoms with van der Waals surface area (Å²) < 4.78 is 0. The molecule has 0 rings (SSSR count). The molecule has 0 aliphatic carbocycles. The lowest BCUT2D eigenvalue weighted by Gasteiger charge is -2.03. The van der Waals surface area contributed by atoms with E-state index in [1.54, 1.807) is 0 Å². The molecule has 1 unspecified atom stereocenters. The Kier molecular flexibility index (Phi) is 6.24. The Labute approximate surface area is 70.1 Å². The molecule has 0 saturated carbocycles. The second-order valence-corrected chi connectivity index (χ2v) is 3.23. The summed E-state index contributed by atoms with van der Waals surface area (Å²) in [5.41, 5.74) is 1.41. The number of hydrogen-bond acceptors (Lipinski definition) is 1. The SMILES string of the molecule is CCCC=C(C)CCC(C)O. The molecular formula is C10H20O. The second-order valence-electron chi connectivity index (χ2n) is 3.23. The maximum Gasteiger partial charge on any atom is 0.0515 e. The average molecular weight is 156 g/mol. The van der Waals surface area contributed by atoms with Gasteiger partial charge in [0.15, 0.2) is 0 Å². The highest BCUT2D eigenvalue weighted by Gasteiger charge is 1.95. The highest BCUT2D eigenvalue weighted by molar-refractivity contribution is 4.97. The summed E-state index contributed by atoms with van der Waals surface area (Å²) >= 11 is 0. The van der Waals surface area contributed by atoms with Crippen LogP contribution in [0.5, 0.6) is 0 Å². The van der Waals surface area contributed by atoms with Crippen molar-refractivity contribution in [3.63, 3.8) is 0 Å². The standard InChI is InChI=1S/C10H20O/c1-4-5-6-9(2)7-8-10(3)11/h6,10-11H,4-5,7-8H2,1-3H3. The van der Waals surface area contributed by atoms with Crippen molar-refractivity contribution in [1.82, 2.24) is 0 Å². The van der Waals surface area contributed by atoms with E-state index < -0.39 is 0 Å². The molecule has 0 amide bonds. The quantitative estimate of drug-likeness (QED) is 0.607. The first-order valence-electron chi connectivity index (χ1n) is 4.50. The van der Waals surface area contributed by atoms with Crippen LogP contribution in [0.15, 0.2) is 11.6 Å². The number of unbranched alkanes of at least 4 members (excludes halogenated alkanes) is 1. The van der Waals surface area contributed by atoms with Gasteiger partial charge in [-0.15, -0.1) is 0 Å². The largest absolute Gasteiger partial charge is 0.393 e. The van der Waals surface area contributed by atoms with Crippen molar-refractivity contribution < 1.29 is 5.11 Å². The summed E-state index contributed by atoms with van der Waals surface area (Å²) in [6.45, 7) is 6.16. The molecule has 1 nitrogen and oxygen atoms in total. The summed E-state index contributed by atoms with van der Waals surface area (Å²) in [4.78, 5) is 0. The van der Waals surface area contributed by atoms with Crippen molar-refractivity contribution in [1.29, 1.82) is 0 Å². The van der Waals surface area contributed by atoms with E-state index in [1.165, 1.54) is 18.4 Å². The van der Waals surface area contributed by atoms with Gasteiger partial charge in [0.1, 0.15) is 0 Å². The van der Waals surface area contributed by atoms with Crippen molar-refractivity contribution in [3.8, 4) is 0 Å². The molecule has 1 atom stereocenters. The van der Waals surface area contributed by atoms with Gasteiger partial charge in [0, 0.05) is 0 Å². The lowest BCUT2D eigenvalue weighted by Crippen LogP contribution is -1.98. The molecule has 0 aromatic rings. The first-order valence-corrected chi connectivity index (χ1v) is 4.50. The highest BCUT2D eigenvalue weighted by Crippen LogP contribution is 2.07.